The van der Waals surface area contributed by atoms with E-state index in [-0.39, 0.29) is 36.8 Å². The molecule has 148 valence electrons. The molecule has 0 aliphatic carbocycles. The SMILES string of the molecule is CC1CCN(c2ccc(C(=O)N3CCCC(C(C)N)C3)cn2)CC1.Cl.Cl. The Morgan fingerprint density at radius 2 is 1.88 bits per heavy atom. The van der Waals surface area contributed by atoms with Gasteiger partial charge in [-0.25, -0.2) is 4.98 Å². The lowest BCUT2D eigenvalue weighted by Crippen LogP contribution is -2.45. The van der Waals surface area contributed by atoms with Crippen molar-refractivity contribution >= 4 is 36.5 Å². The summed E-state index contributed by atoms with van der Waals surface area (Å²) >= 11 is 0. The van der Waals surface area contributed by atoms with E-state index < -0.39 is 0 Å². The third-order valence-corrected chi connectivity index (χ3v) is 5.59. The summed E-state index contributed by atoms with van der Waals surface area (Å²) in [5, 5.41) is 0. The van der Waals surface area contributed by atoms with Gasteiger partial charge in [-0.15, -0.1) is 24.8 Å². The van der Waals surface area contributed by atoms with Crippen LogP contribution in [0.25, 0.3) is 0 Å². The van der Waals surface area contributed by atoms with Gasteiger partial charge in [-0.1, -0.05) is 6.92 Å². The van der Waals surface area contributed by atoms with Crippen molar-refractivity contribution in [3.63, 3.8) is 0 Å². The van der Waals surface area contributed by atoms with Crippen molar-refractivity contribution in [1.29, 1.82) is 0 Å². The van der Waals surface area contributed by atoms with Gasteiger partial charge in [0.15, 0.2) is 0 Å². The maximum atomic E-state index is 12.7. The van der Waals surface area contributed by atoms with Crippen LogP contribution in [0.5, 0.6) is 0 Å². The predicted octanol–water partition coefficient (Wildman–Crippen LogP) is 3.36. The number of aromatic nitrogens is 1. The van der Waals surface area contributed by atoms with Crippen molar-refractivity contribution in [1.82, 2.24) is 9.88 Å². The monoisotopic (exact) mass is 402 g/mol. The molecule has 5 nitrogen and oxygen atoms in total. The molecule has 1 aromatic heterocycles. The van der Waals surface area contributed by atoms with Gasteiger partial charge in [-0.05, 0) is 56.6 Å². The molecule has 2 atom stereocenters. The van der Waals surface area contributed by atoms with Crippen molar-refractivity contribution in [3.8, 4) is 0 Å². The topological polar surface area (TPSA) is 62.5 Å². The number of piperidine rings is 2. The average molecular weight is 403 g/mol. The summed E-state index contributed by atoms with van der Waals surface area (Å²) in [6, 6.07) is 4.07. The molecule has 2 unspecified atom stereocenters. The Bertz CT molecular complexity index is 559. The second kappa shape index (κ2) is 10.3. The standard InChI is InChI=1S/C19H30N4O.2ClH/c1-14-7-10-22(11-8-14)18-6-5-16(12-21-18)19(24)23-9-3-4-17(13-23)15(2)20;;/h5-6,12,14-15,17H,3-4,7-11,13,20H2,1-2H3;2*1H. The third kappa shape index (κ3) is 5.48. The zero-order valence-corrected chi connectivity index (χ0v) is 17.4. The average Bonchev–Trinajstić information content (AvgIpc) is 2.62. The van der Waals surface area contributed by atoms with Crippen LogP contribution < -0.4 is 10.6 Å². The number of hydrogen-bond donors (Lipinski definition) is 1. The van der Waals surface area contributed by atoms with Crippen LogP contribution in [0.2, 0.25) is 0 Å². The normalized spacial score (nSPS) is 22.2. The number of rotatable bonds is 3. The van der Waals surface area contributed by atoms with E-state index in [0.29, 0.717) is 11.5 Å². The summed E-state index contributed by atoms with van der Waals surface area (Å²) in [5.41, 5.74) is 6.71. The van der Waals surface area contributed by atoms with Crippen molar-refractivity contribution in [2.24, 2.45) is 17.6 Å². The molecule has 2 N–H and O–H groups in total. The molecule has 2 aliphatic heterocycles. The van der Waals surface area contributed by atoms with Crippen LogP contribution in [-0.2, 0) is 0 Å². The molecule has 3 rings (SSSR count). The summed E-state index contributed by atoms with van der Waals surface area (Å²) in [5.74, 6) is 2.29. The minimum Gasteiger partial charge on any atom is -0.357 e. The minimum absolute atomic E-state index is 0. The third-order valence-electron chi connectivity index (χ3n) is 5.59. The Hall–Kier alpha value is -1.04. The fourth-order valence-corrected chi connectivity index (χ4v) is 3.74. The van der Waals surface area contributed by atoms with Crippen molar-refractivity contribution in [2.45, 2.75) is 45.6 Å². The number of pyridine rings is 1. The number of halogens is 2. The zero-order valence-electron chi connectivity index (χ0n) is 15.8. The molecule has 1 aromatic rings. The van der Waals surface area contributed by atoms with E-state index in [4.69, 9.17) is 5.73 Å². The van der Waals surface area contributed by atoms with Crippen molar-refractivity contribution in [3.05, 3.63) is 23.9 Å². The van der Waals surface area contributed by atoms with Crippen LogP contribution in [-0.4, -0.2) is 48.0 Å². The first-order chi connectivity index (χ1) is 11.5. The molecule has 1 amide bonds. The Morgan fingerprint density at radius 3 is 2.46 bits per heavy atom. The summed E-state index contributed by atoms with van der Waals surface area (Å²) in [6.45, 7) is 8.05. The van der Waals surface area contributed by atoms with E-state index >= 15 is 0 Å². The molecule has 2 aliphatic rings. The Balaban J connectivity index is 0.00000169. The Morgan fingerprint density at radius 1 is 1.19 bits per heavy atom. The zero-order chi connectivity index (χ0) is 17.1. The van der Waals surface area contributed by atoms with E-state index in [1.807, 2.05) is 24.0 Å². The molecule has 2 saturated heterocycles. The second-order valence-corrected chi connectivity index (χ2v) is 7.59. The van der Waals surface area contributed by atoms with Gasteiger partial charge in [0.1, 0.15) is 5.82 Å². The summed E-state index contributed by atoms with van der Waals surface area (Å²) in [4.78, 5) is 21.5. The number of nitrogens with zero attached hydrogens (tertiary/aromatic N) is 3. The highest BCUT2D eigenvalue weighted by Gasteiger charge is 2.26. The number of hydrogen-bond acceptors (Lipinski definition) is 4. The smallest absolute Gasteiger partial charge is 0.255 e. The molecule has 2 fully saturated rings. The maximum absolute atomic E-state index is 12.7. The molecule has 0 aromatic carbocycles. The molecule has 0 bridgehead atoms. The van der Waals surface area contributed by atoms with Gasteiger partial charge < -0.3 is 15.5 Å². The fraction of sp³-hybridized carbons (Fsp3) is 0.684. The van der Waals surface area contributed by atoms with Gasteiger partial charge >= 0.3 is 0 Å². The van der Waals surface area contributed by atoms with Crippen LogP contribution in [0, 0.1) is 11.8 Å². The summed E-state index contributed by atoms with van der Waals surface area (Å²) < 4.78 is 0. The number of anilines is 1. The van der Waals surface area contributed by atoms with Gasteiger partial charge in [0.25, 0.3) is 5.91 Å². The van der Waals surface area contributed by atoms with Crippen LogP contribution in [0.1, 0.15) is 49.9 Å². The lowest BCUT2D eigenvalue weighted by Gasteiger charge is -2.34. The first kappa shape index (κ1) is 23.0. The predicted molar refractivity (Wildman–Crippen MR) is 112 cm³/mol. The molecular formula is C19H32Cl2N4O. The fourth-order valence-electron chi connectivity index (χ4n) is 3.74. The molecule has 0 saturated carbocycles. The van der Waals surface area contributed by atoms with Crippen LogP contribution in [0.4, 0.5) is 5.82 Å². The lowest BCUT2D eigenvalue weighted by molar-refractivity contribution is 0.0660. The van der Waals surface area contributed by atoms with Gasteiger partial charge in [0, 0.05) is 38.4 Å². The lowest BCUT2D eigenvalue weighted by atomic mass is 9.92. The number of likely N-dealkylation sites (tertiary alicyclic amines) is 1. The van der Waals surface area contributed by atoms with Crippen LogP contribution >= 0.6 is 24.8 Å². The molecule has 7 heteroatoms. The van der Waals surface area contributed by atoms with Gasteiger partial charge in [-0.3, -0.25) is 4.79 Å². The molecule has 3 heterocycles. The highest BCUT2D eigenvalue weighted by atomic mass is 35.5. The summed E-state index contributed by atoms with van der Waals surface area (Å²) in [7, 11) is 0. The van der Waals surface area contributed by atoms with Crippen LogP contribution in [0.3, 0.4) is 0 Å². The van der Waals surface area contributed by atoms with Crippen molar-refractivity contribution in [2.75, 3.05) is 31.1 Å². The molecule has 0 spiro atoms. The van der Waals surface area contributed by atoms with E-state index in [2.05, 4.69) is 16.8 Å². The van der Waals surface area contributed by atoms with Crippen molar-refractivity contribution < 1.29 is 4.79 Å². The highest BCUT2D eigenvalue weighted by Crippen LogP contribution is 2.23. The first-order valence-electron chi connectivity index (χ1n) is 9.30. The van der Waals surface area contributed by atoms with Crippen LogP contribution in [0.15, 0.2) is 18.3 Å². The minimum atomic E-state index is 0. The maximum Gasteiger partial charge on any atom is 0.255 e. The number of amides is 1. The number of nitrogens with two attached hydrogens (primary N) is 1. The summed E-state index contributed by atoms with van der Waals surface area (Å²) in [6.07, 6.45) is 6.33. The number of carbonyl (C=O) groups excluding carboxylic acids is 1. The first-order valence-corrected chi connectivity index (χ1v) is 9.30. The quantitative estimate of drug-likeness (QED) is 0.841. The van der Waals surface area contributed by atoms with E-state index in [9.17, 15) is 4.79 Å². The number of carbonyl (C=O) groups is 1. The van der Waals surface area contributed by atoms with Gasteiger partial charge in [0.05, 0.1) is 5.56 Å². The Labute approximate surface area is 169 Å². The molecule has 26 heavy (non-hydrogen) atoms. The molecule has 0 radical (unpaired) electrons. The highest BCUT2D eigenvalue weighted by molar-refractivity contribution is 5.94. The van der Waals surface area contributed by atoms with Gasteiger partial charge in [-0.2, -0.15) is 0 Å². The van der Waals surface area contributed by atoms with E-state index in [1.165, 1.54) is 12.8 Å². The van der Waals surface area contributed by atoms with Gasteiger partial charge in [0.2, 0.25) is 0 Å². The van der Waals surface area contributed by atoms with E-state index in [1.54, 1.807) is 6.20 Å². The largest absolute Gasteiger partial charge is 0.357 e. The second-order valence-electron chi connectivity index (χ2n) is 7.59. The Kier molecular flexibility index (Phi) is 9.14. The molecular weight excluding hydrogens is 371 g/mol. The van der Waals surface area contributed by atoms with E-state index in [0.717, 1.165) is 50.8 Å².